The highest BCUT2D eigenvalue weighted by Gasteiger charge is 2.30. The molecule has 3 aliphatic carbocycles. The van der Waals surface area contributed by atoms with Gasteiger partial charge in [0, 0.05) is 11.8 Å². The number of nitriles is 1. The second-order valence-corrected chi connectivity index (χ2v) is 3.30. The van der Waals surface area contributed by atoms with Crippen molar-refractivity contribution in [3.05, 3.63) is 24.3 Å². The average Bonchev–Trinajstić information content (AvgIpc) is 2.37. The van der Waals surface area contributed by atoms with Crippen LogP contribution >= 0.6 is 0 Å². The zero-order valence-corrected chi connectivity index (χ0v) is 6.60. The number of rotatable bonds is 0. The van der Waals surface area contributed by atoms with Gasteiger partial charge in [0.15, 0.2) is 5.78 Å². The SMILES string of the molecule is N#C[C@@H]1C[C@@H]2C=C[C@H]1C=CC2=O. The van der Waals surface area contributed by atoms with Crippen molar-refractivity contribution in [2.45, 2.75) is 6.42 Å². The van der Waals surface area contributed by atoms with Crippen molar-refractivity contribution in [3.63, 3.8) is 0 Å². The Balaban J connectivity index is 2.37. The summed E-state index contributed by atoms with van der Waals surface area (Å²) in [4.78, 5) is 11.3. The second kappa shape index (κ2) is 2.60. The summed E-state index contributed by atoms with van der Waals surface area (Å²) in [5.41, 5.74) is 0. The third kappa shape index (κ3) is 0.984. The van der Waals surface area contributed by atoms with Crippen LogP contribution in [-0.4, -0.2) is 5.78 Å². The monoisotopic (exact) mass is 159 g/mol. The summed E-state index contributed by atoms with van der Waals surface area (Å²) in [6.45, 7) is 0. The standard InChI is InChI=1S/C10H9NO/c11-6-9-5-8-2-1-7(9)3-4-10(8)12/h1-4,7-9H,5H2/t7-,8-,9-/m0/s1. The lowest BCUT2D eigenvalue weighted by Gasteiger charge is -2.20. The highest BCUT2D eigenvalue weighted by Crippen LogP contribution is 2.32. The van der Waals surface area contributed by atoms with E-state index < -0.39 is 0 Å². The number of hydrogen-bond donors (Lipinski definition) is 0. The maximum atomic E-state index is 11.3. The van der Waals surface area contributed by atoms with E-state index >= 15 is 0 Å². The van der Waals surface area contributed by atoms with Crippen LogP contribution in [-0.2, 0) is 4.79 Å². The molecule has 0 spiro atoms. The average molecular weight is 159 g/mol. The first-order chi connectivity index (χ1) is 5.81. The molecule has 12 heavy (non-hydrogen) atoms. The van der Waals surface area contributed by atoms with Crippen molar-refractivity contribution < 1.29 is 4.79 Å². The molecule has 0 saturated carbocycles. The van der Waals surface area contributed by atoms with Gasteiger partial charge in [-0.25, -0.2) is 0 Å². The molecule has 0 aromatic rings. The smallest absolute Gasteiger partial charge is 0.162 e. The number of fused-ring (bicyclic) bond motifs is 2. The van der Waals surface area contributed by atoms with Gasteiger partial charge in [-0.1, -0.05) is 18.2 Å². The summed E-state index contributed by atoms with van der Waals surface area (Å²) in [5.74, 6) is 0.275. The lowest BCUT2D eigenvalue weighted by Crippen LogP contribution is -2.18. The molecule has 0 aliphatic heterocycles. The quantitative estimate of drug-likeness (QED) is 0.502. The molecule has 3 aliphatic rings. The molecule has 0 aromatic carbocycles. The van der Waals surface area contributed by atoms with Gasteiger partial charge in [-0.2, -0.15) is 5.26 Å². The van der Waals surface area contributed by atoms with E-state index in [1.165, 1.54) is 0 Å². The molecule has 3 atom stereocenters. The van der Waals surface area contributed by atoms with E-state index in [0.29, 0.717) is 6.42 Å². The fourth-order valence-corrected chi connectivity index (χ4v) is 1.78. The second-order valence-electron chi connectivity index (χ2n) is 3.30. The van der Waals surface area contributed by atoms with Gasteiger partial charge in [0.25, 0.3) is 0 Å². The molecular formula is C10H9NO. The van der Waals surface area contributed by atoms with Crippen LogP contribution in [0.15, 0.2) is 24.3 Å². The minimum Gasteiger partial charge on any atom is -0.294 e. The lowest BCUT2D eigenvalue weighted by molar-refractivity contribution is -0.117. The first-order valence-electron chi connectivity index (χ1n) is 4.11. The Bertz CT molecular complexity index is 308. The molecule has 0 amide bonds. The molecule has 0 aromatic heterocycles. The molecule has 2 heteroatoms. The number of ketones is 1. The van der Waals surface area contributed by atoms with Crippen LogP contribution < -0.4 is 0 Å². The maximum Gasteiger partial charge on any atom is 0.162 e. The molecule has 0 N–H and O–H groups in total. The van der Waals surface area contributed by atoms with Gasteiger partial charge in [0.05, 0.1) is 12.0 Å². The number of allylic oxidation sites excluding steroid dienone is 4. The molecule has 3 rings (SSSR count). The fourth-order valence-electron chi connectivity index (χ4n) is 1.78. The number of carbonyl (C=O) groups excluding carboxylic acids is 1. The van der Waals surface area contributed by atoms with Gasteiger partial charge >= 0.3 is 0 Å². The Labute approximate surface area is 71.2 Å². The van der Waals surface area contributed by atoms with Gasteiger partial charge in [-0.15, -0.1) is 0 Å². The van der Waals surface area contributed by atoms with E-state index in [0.717, 1.165) is 0 Å². The van der Waals surface area contributed by atoms with E-state index in [2.05, 4.69) is 6.07 Å². The van der Waals surface area contributed by atoms with E-state index in [-0.39, 0.29) is 23.5 Å². The molecule has 0 radical (unpaired) electrons. The molecule has 60 valence electrons. The van der Waals surface area contributed by atoms with Gasteiger partial charge in [-0.3, -0.25) is 4.79 Å². The van der Waals surface area contributed by atoms with E-state index in [9.17, 15) is 4.79 Å². The van der Waals surface area contributed by atoms with Crippen molar-refractivity contribution in [2.24, 2.45) is 17.8 Å². The lowest BCUT2D eigenvalue weighted by atomic mass is 9.81. The van der Waals surface area contributed by atoms with Gasteiger partial charge in [0.1, 0.15) is 0 Å². The van der Waals surface area contributed by atoms with Crippen molar-refractivity contribution in [1.29, 1.82) is 5.26 Å². The van der Waals surface area contributed by atoms with Crippen molar-refractivity contribution in [3.8, 4) is 6.07 Å². The van der Waals surface area contributed by atoms with Crippen molar-refractivity contribution in [1.82, 2.24) is 0 Å². The fraction of sp³-hybridized carbons (Fsp3) is 0.400. The number of hydrogen-bond acceptors (Lipinski definition) is 2. The first kappa shape index (κ1) is 7.30. The summed E-state index contributed by atoms with van der Waals surface area (Å²) in [7, 11) is 0. The Morgan fingerprint density at radius 3 is 3.00 bits per heavy atom. The summed E-state index contributed by atoms with van der Waals surface area (Å²) in [5, 5.41) is 8.80. The van der Waals surface area contributed by atoms with Crippen LogP contribution in [0.2, 0.25) is 0 Å². The molecule has 0 saturated heterocycles. The zero-order valence-electron chi connectivity index (χ0n) is 6.60. The normalized spacial score (nSPS) is 37.9. The van der Waals surface area contributed by atoms with Crippen LogP contribution in [0.3, 0.4) is 0 Å². The predicted molar refractivity (Wildman–Crippen MR) is 44.0 cm³/mol. The van der Waals surface area contributed by atoms with Gasteiger partial charge in [0.2, 0.25) is 0 Å². The van der Waals surface area contributed by atoms with Crippen LogP contribution in [0.4, 0.5) is 0 Å². The highest BCUT2D eigenvalue weighted by atomic mass is 16.1. The van der Waals surface area contributed by atoms with Crippen molar-refractivity contribution in [2.75, 3.05) is 0 Å². The number of carbonyl (C=O) groups is 1. The van der Waals surface area contributed by atoms with Gasteiger partial charge in [-0.05, 0) is 12.5 Å². The molecule has 0 heterocycles. The summed E-state index contributed by atoms with van der Waals surface area (Å²) < 4.78 is 0. The van der Waals surface area contributed by atoms with Crippen LogP contribution in [0, 0.1) is 29.1 Å². The van der Waals surface area contributed by atoms with E-state index in [1.807, 2.05) is 18.2 Å². The predicted octanol–water partition coefficient (Wildman–Crippen LogP) is 1.46. The molecule has 2 nitrogen and oxygen atoms in total. The topological polar surface area (TPSA) is 40.9 Å². The minimum atomic E-state index is -0.0374. The zero-order chi connectivity index (χ0) is 8.55. The maximum absolute atomic E-state index is 11.3. The van der Waals surface area contributed by atoms with Crippen molar-refractivity contribution >= 4 is 5.78 Å². The van der Waals surface area contributed by atoms with E-state index in [4.69, 9.17) is 5.26 Å². The Morgan fingerprint density at radius 1 is 1.42 bits per heavy atom. The largest absolute Gasteiger partial charge is 0.294 e. The third-order valence-corrected chi connectivity index (χ3v) is 2.55. The van der Waals surface area contributed by atoms with Crippen LogP contribution in [0.5, 0.6) is 0 Å². The Morgan fingerprint density at radius 2 is 2.25 bits per heavy atom. The summed E-state index contributed by atoms with van der Waals surface area (Å²) in [6.07, 6.45) is 8.07. The van der Waals surface area contributed by atoms with E-state index in [1.54, 1.807) is 6.08 Å². The highest BCUT2D eigenvalue weighted by molar-refractivity contribution is 5.93. The summed E-state index contributed by atoms with van der Waals surface area (Å²) in [6, 6.07) is 2.24. The van der Waals surface area contributed by atoms with Crippen LogP contribution in [0.25, 0.3) is 0 Å². The summed E-state index contributed by atoms with van der Waals surface area (Å²) >= 11 is 0. The minimum absolute atomic E-state index is 0.00250. The number of nitrogens with zero attached hydrogens (tertiary/aromatic N) is 1. The molecular weight excluding hydrogens is 150 g/mol. The Kier molecular flexibility index (Phi) is 1.58. The van der Waals surface area contributed by atoms with Gasteiger partial charge < -0.3 is 0 Å². The first-order valence-corrected chi connectivity index (χ1v) is 4.11. The molecule has 0 fully saturated rings. The third-order valence-electron chi connectivity index (χ3n) is 2.55. The molecule has 0 unspecified atom stereocenters. The molecule has 2 bridgehead atoms. The van der Waals surface area contributed by atoms with Crippen LogP contribution in [0.1, 0.15) is 6.42 Å². The Hall–Kier alpha value is -1.36.